The minimum absolute atomic E-state index is 0.113. The highest BCUT2D eigenvalue weighted by Crippen LogP contribution is 2.32. The zero-order chi connectivity index (χ0) is 19.7. The van der Waals surface area contributed by atoms with E-state index >= 15 is 0 Å². The van der Waals surface area contributed by atoms with Gasteiger partial charge in [0.25, 0.3) is 5.91 Å². The Bertz CT molecular complexity index is 934. The molecule has 2 heterocycles. The van der Waals surface area contributed by atoms with Crippen LogP contribution in [0.2, 0.25) is 5.02 Å². The molecule has 1 amide bonds. The molecule has 1 aromatic carbocycles. The summed E-state index contributed by atoms with van der Waals surface area (Å²) in [6.07, 6.45) is 1.89. The number of amides is 1. The van der Waals surface area contributed by atoms with E-state index in [-0.39, 0.29) is 18.0 Å². The highest BCUT2D eigenvalue weighted by Gasteiger charge is 2.27. The molecule has 0 aliphatic rings. The lowest BCUT2D eigenvalue weighted by molar-refractivity contribution is 0.0603. The molecule has 144 valence electrons. The standard InChI is InChI=1S/C21H26ClN3OS/c1-6-13(3)24(14(4)7-2)20(26)19-12-18-15(5)23-25(21(18)27-19)17-10-8-16(22)9-11-17/h8-14H,6-7H2,1-5H3/t13-,14+. The maximum atomic E-state index is 13.3. The Morgan fingerprint density at radius 3 is 2.33 bits per heavy atom. The Hall–Kier alpha value is -1.85. The van der Waals surface area contributed by atoms with Gasteiger partial charge in [0.05, 0.1) is 16.3 Å². The quantitative estimate of drug-likeness (QED) is 0.499. The number of nitrogens with zero attached hydrogens (tertiary/aromatic N) is 3. The molecule has 0 fully saturated rings. The number of thiophene rings is 1. The van der Waals surface area contributed by atoms with Crippen LogP contribution in [0.5, 0.6) is 0 Å². The normalized spacial score (nSPS) is 13.7. The predicted molar refractivity (Wildman–Crippen MR) is 114 cm³/mol. The molecular formula is C21H26ClN3OS. The second-order valence-electron chi connectivity index (χ2n) is 7.03. The maximum absolute atomic E-state index is 13.3. The number of benzene rings is 1. The van der Waals surface area contributed by atoms with Gasteiger partial charge in [0.2, 0.25) is 0 Å². The number of aryl methyl sites for hydroxylation is 1. The van der Waals surface area contributed by atoms with Crippen LogP contribution in [-0.2, 0) is 0 Å². The molecule has 3 rings (SSSR count). The van der Waals surface area contributed by atoms with Crippen LogP contribution in [0.3, 0.4) is 0 Å². The van der Waals surface area contributed by atoms with Gasteiger partial charge in [0.15, 0.2) is 0 Å². The van der Waals surface area contributed by atoms with Gasteiger partial charge in [0.1, 0.15) is 4.83 Å². The molecule has 2 aromatic heterocycles. The minimum Gasteiger partial charge on any atom is -0.333 e. The van der Waals surface area contributed by atoms with E-state index in [4.69, 9.17) is 11.6 Å². The average Bonchev–Trinajstić information content (AvgIpc) is 3.23. The molecule has 2 atom stereocenters. The van der Waals surface area contributed by atoms with Crippen molar-refractivity contribution in [3.8, 4) is 5.69 Å². The van der Waals surface area contributed by atoms with Gasteiger partial charge >= 0.3 is 0 Å². The van der Waals surface area contributed by atoms with Crippen LogP contribution in [0, 0.1) is 6.92 Å². The summed E-state index contributed by atoms with van der Waals surface area (Å²) in [5.41, 5.74) is 1.87. The summed E-state index contributed by atoms with van der Waals surface area (Å²) in [5.74, 6) is 0.113. The van der Waals surface area contributed by atoms with Gasteiger partial charge in [-0.1, -0.05) is 25.4 Å². The van der Waals surface area contributed by atoms with E-state index in [1.807, 2.05) is 46.8 Å². The van der Waals surface area contributed by atoms with E-state index in [0.29, 0.717) is 5.02 Å². The lowest BCUT2D eigenvalue weighted by Crippen LogP contribution is -2.44. The van der Waals surface area contributed by atoms with Crippen LogP contribution in [0.1, 0.15) is 55.9 Å². The lowest BCUT2D eigenvalue weighted by atomic mass is 10.1. The number of rotatable bonds is 6. The summed E-state index contributed by atoms with van der Waals surface area (Å²) in [6, 6.07) is 10.0. The van der Waals surface area contributed by atoms with Gasteiger partial charge in [-0.05, 0) is 63.9 Å². The van der Waals surface area contributed by atoms with E-state index in [9.17, 15) is 4.79 Å². The van der Waals surface area contributed by atoms with Crippen LogP contribution in [0.4, 0.5) is 0 Å². The molecular weight excluding hydrogens is 378 g/mol. The second kappa shape index (κ2) is 8.03. The van der Waals surface area contributed by atoms with E-state index < -0.39 is 0 Å². The van der Waals surface area contributed by atoms with Crippen molar-refractivity contribution < 1.29 is 4.79 Å². The smallest absolute Gasteiger partial charge is 0.264 e. The topological polar surface area (TPSA) is 38.1 Å². The van der Waals surface area contributed by atoms with Crippen LogP contribution in [-0.4, -0.2) is 32.7 Å². The highest BCUT2D eigenvalue weighted by atomic mass is 35.5. The highest BCUT2D eigenvalue weighted by molar-refractivity contribution is 7.20. The van der Waals surface area contributed by atoms with Gasteiger partial charge in [-0.25, -0.2) is 4.68 Å². The number of aromatic nitrogens is 2. The van der Waals surface area contributed by atoms with E-state index in [1.165, 1.54) is 11.3 Å². The zero-order valence-corrected chi connectivity index (χ0v) is 18.1. The van der Waals surface area contributed by atoms with Crippen molar-refractivity contribution in [3.63, 3.8) is 0 Å². The SMILES string of the molecule is CC[C@@H](C)N(C(=O)c1cc2c(C)nn(-c3ccc(Cl)cc3)c2s1)[C@@H](C)CC. The molecule has 0 aliphatic carbocycles. The summed E-state index contributed by atoms with van der Waals surface area (Å²) in [4.78, 5) is 17.1. The molecule has 3 aromatic rings. The average molecular weight is 404 g/mol. The molecule has 0 bridgehead atoms. The third-order valence-corrected chi connectivity index (χ3v) is 6.54. The number of carbonyl (C=O) groups is 1. The Kier molecular flexibility index (Phi) is 5.92. The molecule has 6 heteroatoms. The van der Waals surface area contributed by atoms with Crippen molar-refractivity contribution in [1.82, 2.24) is 14.7 Å². The summed E-state index contributed by atoms with van der Waals surface area (Å²) in [6.45, 7) is 10.5. The molecule has 0 spiro atoms. The molecule has 4 nitrogen and oxygen atoms in total. The largest absolute Gasteiger partial charge is 0.333 e. The molecule has 0 saturated heterocycles. The van der Waals surface area contributed by atoms with E-state index in [1.54, 1.807) is 0 Å². The van der Waals surface area contributed by atoms with Gasteiger partial charge in [-0.3, -0.25) is 4.79 Å². The second-order valence-corrected chi connectivity index (χ2v) is 8.50. The van der Waals surface area contributed by atoms with Crippen molar-refractivity contribution in [2.24, 2.45) is 0 Å². The van der Waals surface area contributed by atoms with Crippen molar-refractivity contribution in [2.75, 3.05) is 0 Å². The van der Waals surface area contributed by atoms with E-state index in [2.05, 4.69) is 32.8 Å². The first-order valence-corrected chi connectivity index (χ1v) is 10.6. The summed E-state index contributed by atoms with van der Waals surface area (Å²) < 4.78 is 1.90. The Morgan fingerprint density at radius 2 is 1.78 bits per heavy atom. The number of fused-ring (bicyclic) bond motifs is 1. The van der Waals surface area contributed by atoms with Gasteiger partial charge < -0.3 is 4.90 Å². The molecule has 0 aliphatic heterocycles. The van der Waals surface area contributed by atoms with Gasteiger partial charge in [-0.15, -0.1) is 11.3 Å². The Balaban J connectivity index is 2.05. The van der Waals surface area contributed by atoms with Crippen molar-refractivity contribution in [3.05, 3.63) is 45.9 Å². The first-order valence-electron chi connectivity index (χ1n) is 9.45. The van der Waals surface area contributed by atoms with Crippen LogP contribution in [0.15, 0.2) is 30.3 Å². The van der Waals surface area contributed by atoms with Gasteiger partial charge in [-0.2, -0.15) is 5.10 Å². The monoisotopic (exact) mass is 403 g/mol. The molecule has 0 N–H and O–H groups in total. The van der Waals surface area contributed by atoms with Crippen molar-refractivity contribution in [1.29, 1.82) is 0 Å². The number of hydrogen-bond acceptors (Lipinski definition) is 3. The Morgan fingerprint density at radius 1 is 1.19 bits per heavy atom. The Labute approximate surface area is 169 Å². The molecule has 0 unspecified atom stereocenters. The lowest BCUT2D eigenvalue weighted by Gasteiger charge is -2.33. The molecule has 0 saturated carbocycles. The fourth-order valence-corrected chi connectivity index (χ4v) is 4.52. The predicted octanol–water partition coefficient (Wildman–Crippen LogP) is 6.09. The first-order chi connectivity index (χ1) is 12.9. The third-order valence-electron chi connectivity index (χ3n) is 5.19. The van der Waals surface area contributed by atoms with Crippen LogP contribution in [0.25, 0.3) is 15.9 Å². The van der Waals surface area contributed by atoms with Crippen molar-refractivity contribution >= 4 is 39.1 Å². The molecule has 0 radical (unpaired) electrons. The molecule has 27 heavy (non-hydrogen) atoms. The third kappa shape index (κ3) is 3.76. The number of halogens is 1. The summed E-state index contributed by atoms with van der Waals surface area (Å²) in [5, 5.41) is 6.38. The minimum atomic E-state index is 0.113. The van der Waals surface area contributed by atoms with Crippen molar-refractivity contribution in [2.45, 2.75) is 59.5 Å². The number of carbonyl (C=O) groups excluding carboxylic acids is 1. The summed E-state index contributed by atoms with van der Waals surface area (Å²) in [7, 11) is 0. The first kappa shape index (κ1) is 19.9. The maximum Gasteiger partial charge on any atom is 0.264 e. The number of hydrogen-bond donors (Lipinski definition) is 0. The van der Waals surface area contributed by atoms with Crippen LogP contribution < -0.4 is 0 Å². The fourth-order valence-electron chi connectivity index (χ4n) is 3.27. The van der Waals surface area contributed by atoms with Gasteiger partial charge in [0, 0.05) is 22.5 Å². The zero-order valence-electron chi connectivity index (χ0n) is 16.5. The fraction of sp³-hybridized carbons (Fsp3) is 0.429. The van der Waals surface area contributed by atoms with E-state index in [0.717, 1.165) is 39.3 Å². The van der Waals surface area contributed by atoms with Crippen LogP contribution >= 0.6 is 22.9 Å². The summed E-state index contributed by atoms with van der Waals surface area (Å²) >= 11 is 7.52.